The van der Waals surface area contributed by atoms with E-state index in [1.165, 1.54) is 5.52 Å². The molecule has 0 amide bonds. The Labute approximate surface area is 269 Å². The Hall–Kier alpha value is -5.11. The van der Waals surface area contributed by atoms with E-state index in [1.807, 2.05) is 36.7 Å². The number of aryl methyl sites for hydroxylation is 3. The molecule has 236 valence electrons. The Morgan fingerprint density at radius 1 is 0.870 bits per heavy atom. The van der Waals surface area contributed by atoms with Crippen molar-refractivity contribution in [1.82, 2.24) is 19.1 Å². The third kappa shape index (κ3) is 6.91. The molecule has 0 aliphatic carbocycles. The SMILES string of the molecule is CCCCc1nc2c(C)ccc(OCCCCCn3cnc4ccccc43)c2n1Cc1ccc(-c2ccccc2OC(=O)O)cc1. The van der Waals surface area contributed by atoms with Gasteiger partial charge in [-0.2, -0.15) is 0 Å². The molecule has 1 N–H and O–H groups in total. The molecule has 8 heteroatoms. The van der Waals surface area contributed by atoms with E-state index in [4.69, 9.17) is 19.6 Å². The summed E-state index contributed by atoms with van der Waals surface area (Å²) in [6.07, 6.45) is 6.74. The van der Waals surface area contributed by atoms with Crippen LogP contribution < -0.4 is 9.47 Å². The topological polar surface area (TPSA) is 91.4 Å². The number of hydrogen-bond donors (Lipinski definition) is 1. The Balaban J connectivity index is 1.18. The van der Waals surface area contributed by atoms with Crippen LogP contribution in [0, 0.1) is 6.92 Å². The number of fused-ring (bicyclic) bond motifs is 2. The monoisotopic (exact) mass is 616 g/mol. The van der Waals surface area contributed by atoms with Gasteiger partial charge in [-0.25, -0.2) is 14.8 Å². The third-order valence-corrected chi connectivity index (χ3v) is 8.41. The minimum Gasteiger partial charge on any atom is -0.491 e. The van der Waals surface area contributed by atoms with E-state index in [9.17, 15) is 4.79 Å². The van der Waals surface area contributed by atoms with E-state index in [0.717, 1.165) is 95.4 Å². The van der Waals surface area contributed by atoms with Crippen LogP contribution in [0.15, 0.2) is 91.3 Å². The first kappa shape index (κ1) is 30.9. The number of carbonyl (C=O) groups is 1. The molecule has 4 aromatic carbocycles. The largest absolute Gasteiger partial charge is 0.511 e. The maximum absolute atomic E-state index is 11.2. The molecule has 0 fully saturated rings. The molecule has 6 aromatic rings. The maximum Gasteiger partial charge on any atom is 0.511 e. The highest BCUT2D eigenvalue weighted by molar-refractivity contribution is 5.86. The minimum atomic E-state index is -1.33. The first-order chi connectivity index (χ1) is 22.5. The van der Waals surface area contributed by atoms with E-state index in [1.54, 1.807) is 12.1 Å². The number of unbranched alkanes of at least 4 members (excludes halogenated alkanes) is 3. The summed E-state index contributed by atoms with van der Waals surface area (Å²) < 4.78 is 16.0. The highest BCUT2D eigenvalue weighted by Crippen LogP contribution is 2.33. The summed E-state index contributed by atoms with van der Waals surface area (Å²) in [6.45, 7) is 6.55. The summed E-state index contributed by atoms with van der Waals surface area (Å²) in [5.41, 5.74) is 8.14. The Kier molecular flexibility index (Phi) is 9.62. The predicted octanol–water partition coefficient (Wildman–Crippen LogP) is 9.06. The van der Waals surface area contributed by atoms with E-state index >= 15 is 0 Å². The zero-order valence-electron chi connectivity index (χ0n) is 26.5. The third-order valence-electron chi connectivity index (χ3n) is 8.41. The van der Waals surface area contributed by atoms with Gasteiger partial charge in [0.1, 0.15) is 22.8 Å². The van der Waals surface area contributed by atoms with Crippen LogP contribution in [-0.4, -0.2) is 37.0 Å². The lowest BCUT2D eigenvalue weighted by Gasteiger charge is -2.14. The molecule has 2 aromatic heterocycles. The Morgan fingerprint density at radius 3 is 2.50 bits per heavy atom. The second kappa shape index (κ2) is 14.3. The number of nitrogens with zero attached hydrogens (tertiary/aromatic N) is 4. The number of carboxylic acid groups (broad SMARTS) is 1. The zero-order valence-corrected chi connectivity index (χ0v) is 26.5. The van der Waals surface area contributed by atoms with Crippen LogP contribution in [0.4, 0.5) is 4.79 Å². The summed E-state index contributed by atoms with van der Waals surface area (Å²) in [5.74, 6) is 2.25. The fraction of sp³-hybridized carbons (Fsp3) is 0.289. The molecule has 0 saturated carbocycles. The second-order valence-electron chi connectivity index (χ2n) is 11.7. The Bertz CT molecular complexity index is 1940. The van der Waals surface area contributed by atoms with Crippen molar-refractivity contribution in [3.8, 4) is 22.6 Å². The van der Waals surface area contributed by atoms with Crippen molar-refractivity contribution in [2.75, 3.05) is 6.61 Å². The van der Waals surface area contributed by atoms with Crippen LogP contribution in [0.5, 0.6) is 11.5 Å². The van der Waals surface area contributed by atoms with Crippen molar-refractivity contribution in [2.24, 2.45) is 0 Å². The van der Waals surface area contributed by atoms with E-state index in [2.05, 4.69) is 70.4 Å². The van der Waals surface area contributed by atoms with E-state index in [0.29, 0.717) is 18.9 Å². The molecule has 0 saturated heterocycles. The van der Waals surface area contributed by atoms with Gasteiger partial charge >= 0.3 is 6.16 Å². The van der Waals surface area contributed by atoms with Crippen molar-refractivity contribution in [2.45, 2.75) is 65.5 Å². The van der Waals surface area contributed by atoms with Crippen LogP contribution in [0.1, 0.15) is 56.0 Å². The van der Waals surface area contributed by atoms with Gasteiger partial charge in [0.2, 0.25) is 0 Å². The van der Waals surface area contributed by atoms with Gasteiger partial charge in [0.25, 0.3) is 0 Å². The molecule has 6 rings (SSSR count). The number of para-hydroxylation sites is 3. The van der Waals surface area contributed by atoms with Gasteiger partial charge in [-0.3, -0.25) is 0 Å². The maximum atomic E-state index is 11.2. The number of benzene rings is 4. The molecular formula is C38H40N4O4. The molecule has 0 unspecified atom stereocenters. The summed E-state index contributed by atoms with van der Waals surface area (Å²) >= 11 is 0. The van der Waals surface area contributed by atoms with Crippen LogP contribution in [0.3, 0.4) is 0 Å². The average molecular weight is 617 g/mol. The summed E-state index contributed by atoms with van der Waals surface area (Å²) in [7, 11) is 0. The van der Waals surface area contributed by atoms with Gasteiger partial charge in [-0.1, -0.05) is 74.0 Å². The minimum absolute atomic E-state index is 0.317. The highest BCUT2D eigenvalue weighted by Gasteiger charge is 2.18. The number of ether oxygens (including phenoxy) is 2. The zero-order chi connectivity index (χ0) is 31.9. The van der Waals surface area contributed by atoms with Crippen LogP contribution in [-0.2, 0) is 19.5 Å². The fourth-order valence-corrected chi connectivity index (χ4v) is 5.99. The van der Waals surface area contributed by atoms with Crippen LogP contribution in [0.2, 0.25) is 0 Å². The van der Waals surface area contributed by atoms with E-state index < -0.39 is 6.16 Å². The normalized spacial score (nSPS) is 11.3. The molecule has 0 aliphatic heterocycles. The smallest absolute Gasteiger partial charge is 0.491 e. The van der Waals surface area contributed by atoms with Gasteiger partial charge in [0.15, 0.2) is 0 Å². The first-order valence-electron chi connectivity index (χ1n) is 16.1. The number of imidazole rings is 2. The summed E-state index contributed by atoms with van der Waals surface area (Å²) in [5, 5.41) is 9.16. The lowest BCUT2D eigenvalue weighted by molar-refractivity contribution is 0.144. The van der Waals surface area contributed by atoms with Crippen molar-refractivity contribution in [3.63, 3.8) is 0 Å². The molecule has 0 aliphatic rings. The summed E-state index contributed by atoms with van der Waals surface area (Å²) in [6, 6.07) is 27.8. The number of rotatable bonds is 14. The molecule has 0 spiro atoms. The quantitative estimate of drug-likeness (QED) is 0.0746. The molecule has 8 nitrogen and oxygen atoms in total. The molecule has 0 radical (unpaired) electrons. The lowest BCUT2D eigenvalue weighted by Crippen LogP contribution is -2.07. The van der Waals surface area contributed by atoms with Crippen LogP contribution >= 0.6 is 0 Å². The molecule has 0 bridgehead atoms. The van der Waals surface area contributed by atoms with Crippen molar-refractivity contribution in [1.29, 1.82) is 0 Å². The highest BCUT2D eigenvalue weighted by atomic mass is 16.7. The van der Waals surface area contributed by atoms with Crippen molar-refractivity contribution < 1.29 is 19.4 Å². The number of hydrogen-bond acceptors (Lipinski definition) is 5. The number of aromatic nitrogens is 4. The Morgan fingerprint density at radius 2 is 1.67 bits per heavy atom. The standard InChI is InChI=1S/C38H40N4O4/c1-3-4-16-35-40-36-27(2)17-22-34(45-24-11-5-10-23-41-26-39-31-13-7-8-14-32(31)41)37(36)42(35)25-28-18-20-29(21-19-28)30-12-6-9-15-33(30)46-38(43)44/h6-9,12-15,17-22,26H,3-5,10-11,16,23-25H2,1-2H3,(H,43,44). The van der Waals surface area contributed by atoms with Gasteiger partial charge in [0.05, 0.1) is 29.5 Å². The average Bonchev–Trinajstić information content (AvgIpc) is 3.65. The molecule has 2 heterocycles. The molecular weight excluding hydrogens is 576 g/mol. The fourth-order valence-electron chi connectivity index (χ4n) is 5.99. The second-order valence-corrected chi connectivity index (χ2v) is 11.7. The van der Waals surface area contributed by atoms with Crippen molar-refractivity contribution >= 4 is 28.2 Å². The first-order valence-corrected chi connectivity index (χ1v) is 16.1. The van der Waals surface area contributed by atoms with Gasteiger partial charge in [0, 0.05) is 25.1 Å². The van der Waals surface area contributed by atoms with Crippen LogP contribution in [0.25, 0.3) is 33.2 Å². The summed E-state index contributed by atoms with van der Waals surface area (Å²) in [4.78, 5) is 20.8. The van der Waals surface area contributed by atoms with Gasteiger partial charge < -0.3 is 23.7 Å². The molecule has 0 atom stereocenters. The van der Waals surface area contributed by atoms with Gasteiger partial charge in [-0.05, 0) is 73.6 Å². The predicted molar refractivity (Wildman–Crippen MR) is 182 cm³/mol. The van der Waals surface area contributed by atoms with Crippen molar-refractivity contribution in [3.05, 3.63) is 108 Å². The lowest BCUT2D eigenvalue weighted by atomic mass is 10.0. The van der Waals surface area contributed by atoms with E-state index in [-0.39, 0.29) is 0 Å². The van der Waals surface area contributed by atoms with Gasteiger partial charge in [-0.15, -0.1) is 0 Å². The molecule has 46 heavy (non-hydrogen) atoms.